The summed E-state index contributed by atoms with van der Waals surface area (Å²) in [6.07, 6.45) is 0. The van der Waals surface area contributed by atoms with E-state index in [0.717, 1.165) is 0 Å². The molecule has 7 heteroatoms. The van der Waals surface area contributed by atoms with Crippen LogP contribution in [0.15, 0.2) is 24.3 Å². The van der Waals surface area contributed by atoms with Crippen molar-refractivity contribution in [2.75, 3.05) is 10.6 Å². The Bertz CT molecular complexity index is 704. The molecule has 1 aromatic carbocycles. The highest BCUT2D eigenvalue weighted by molar-refractivity contribution is 6.42. The van der Waals surface area contributed by atoms with E-state index in [1.165, 1.54) is 0 Å². The third-order valence-corrected chi connectivity index (χ3v) is 3.42. The molecule has 0 unspecified atom stereocenters. The van der Waals surface area contributed by atoms with Gasteiger partial charge in [-0.3, -0.25) is 4.79 Å². The van der Waals surface area contributed by atoms with Crippen LogP contribution in [0.4, 0.5) is 11.5 Å². The number of rotatable bonds is 4. The van der Waals surface area contributed by atoms with E-state index in [1.54, 1.807) is 31.2 Å². The van der Waals surface area contributed by atoms with Crippen LogP contribution in [0.3, 0.4) is 0 Å². The number of hydrogen-bond acceptors (Lipinski definition) is 4. The molecule has 2 N–H and O–H groups in total. The Morgan fingerprint density at radius 1 is 1.14 bits per heavy atom. The number of anilines is 2. The van der Waals surface area contributed by atoms with Crippen molar-refractivity contribution < 1.29 is 4.79 Å². The molecule has 0 atom stereocenters. The van der Waals surface area contributed by atoms with Gasteiger partial charge >= 0.3 is 0 Å². The molecule has 1 amide bonds. The van der Waals surface area contributed by atoms with Gasteiger partial charge in [0.1, 0.15) is 17.3 Å². The van der Waals surface area contributed by atoms with E-state index in [2.05, 4.69) is 20.6 Å². The fourth-order valence-corrected chi connectivity index (χ4v) is 2.12. The molecule has 0 saturated carbocycles. The predicted octanol–water partition coefficient (Wildman–Crippen LogP) is 4.16. The Hall–Kier alpha value is -1.85. The number of hydrogen-bond donors (Lipinski definition) is 2. The number of halogens is 2. The molecule has 0 aliphatic carbocycles. The molecule has 0 spiro atoms. The van der Waals surface area contributed by atoms with Gasteiger partial charge in [-0.25, -0.2) is 9.97 Å². The van der Waals surface area contributed by atoms with Gasteiger partial charge < -0.3 is 10.6 Å². The van der Waals surface area contributed by atoms with Crippen molar-refractivity contribution >= 4 is 40.6 Å². The smallest absolute Gasteiger partial charge is 0.274 e. The van der Waals surface area contributed by atoms with Crippen molar-refractivity contribution in [3.8, 4) is 0 Å². The van der Waals surface area contributed by atoms with Gasteiger partial charge in [0, 0.05) is 17.8 Å². The van der Waals surface area contributed by atoms with Gasteiger partial charge in [-0.05, 0) is 39.0 Å². The lowest BCUT2D eigenvalue weighted by Gasteiger charge is -2.11. The van der Waals surface area contributed by atoms with Crippen molar-refractivity contribution in [3.05, 3.63) is 45.8 Å². The number of nitrogens with one attached hydrogen (secondary N) is 2. The Morgan fingerprint density at radius 2 is 1.86 bits per heavy atom. The topological polar surface area (TPSA) is 66.9 Å². The Morgan fingerprint density at radius 3 is 2.50 bits per heavy atom. The van der Waals surface area contributed by atoms with Crippen molar-refractivity contribution in [3.63, 3.8) is 0 Å². The van der Waals surface area contributed by atoms with Crippen LogP contribution >= 0.6 is 23.2 Å². The summed E-state index contributed by atoms with van der Waals surface area (Å²) in [6.45, 7) is 5.72. The Labute approximate surface area is 139 Å². The molecule has 2 rings (SSSR count). The van der Waals surface area contributed by atoms with E-state index in [-0.39, 0.29) is 17.6 Å². The molecule has 0 radical (unpaired) electrons. The molecule has 1 aromatic heterocycles. The molecule has 5 nitrogen and oxygen atoms in total. The van der Waals surface area contributed by atoms with E-state index in [9.17, 15) is 4.79 Å². The standard InChI is InChI=1S/C15H16Cl2N4O/c1-8(2)18-14-7-13(19-9(3)20-14)15(22)21-10-4-5-11(16)12(17)6-10/h4-8H,1-3H3,(H,21,22)(H,18,19,20). The molecule has 2 aromatic rings. The largest absolute Gasteiger partial charge is 0.368 e. The Kier molecular flexibility index (Phi) is 5.21. The number of aromatic nitrogens is 2. The van der Waals surface area contributed by atoms with Gasteiger partial charge in [0.25, 0.3) is 5.91 Å². The summed E-state index contributed by atoms with van der Waals surface area (Å²) in [4.78, 5) is 20.7. The van der Waals surface area contributed by atoms with E-state index in [1.807, 2.05) is 13.8 Å². The summed E-state index contributed by atoms with van der Waals surface area (Å²) in [5, 5.41) is 6.69. The molecule has 22 heavy (non-hydrogen) atoms. The minimum Gasteiger partial charge on any atom is -0.368 e. The van der Waals surface area contributed by atoms with Crippen LogP contribution in [0.2, 0.25) is 10.0 Å². The van der Waals surface area contributed by atoms with Gasteiger partial charge in [-0.2, -0.15) is 0 Å². The second-order valence-electron chi connectivity index (χ2n) is 5.07. The second-order valence-corrected chi connectivity index (χ2v) is 5.88. The molecule has 0 aliphatic rings. The number of aryl methyl sites for hydroxylation is 1. The highest BCUT2D eigenvalue weighted by atomic mass is 35.5. The summed E-state index contributed by atoms with van der Waals surface area (Å²) in [5.41, 5.74) is 0.829. The highest BCUT2D eigenvalue weighted by Gasteiger charge is 2.12. The predicted molar refractivity (Wildman–Crippen MR) is 89.9 cm³/mol. The molecule has 0 bridgehead atoms. The molecule has 1 heterocycles. The fourth-order valence-electron chi connectivity index (χ4n) is 1.82. The average molecular weight is 339 g/mol. The number of amides is 1. The minimum absolute atomic E-state index is 0.209. The van der Waals surface area contributed by atoms with Crippen LogP contribution in [0.25, 0.3) is 0 Å². The first-order valence-corrected chi connectivity index (χ1v) is 7.49. The van der Waals surface area contributed by atoms with Gasteiger partial charge in [0.2, 0.25) is 0 Å². The second kappa shape index (κ2) is 6.94. The SMILES string of the molecule is Cc1nc(NC(C)C)cc(C(=O)Nc2ccc(Cl)c(Cl)c2)n1. The van der Waals surface area contributed by atoms with E-state index < -0.39 is 0 Å². The zero-order valence-corrected chi connectivity index (χ0v) is 14.0. The van der Waals surface area contributed by atoms with Gasteiger partial charge in [0.15, 0.2) is 0 Å². The number of nitrogens with zero attached hydrogens (tertiary/aromatic N) is 2. The van der Waals surface area contributed by atoms with Crippen LogP contribution in [0, 0.1) is 6.92 Å². The molecule has 116 valence electrons. The maximum absolute atomic E-state index is 12.3. The van der Waals surface area contributed by atoms with E-state index >= 15 is 0 Å². The summed E-state index contributed by atoms with van der Waals surface area (Å²) >= 11 is 11.8. The summed E-state index contributed by atoms with van der Waals surface area (Å²) < 4.78 is 0. The quantitative estimate of drug-likeness (QED) is 0.878. The number of carbonyl (C=O) groups is 1. The number of carbonyl (C=O) groups excluding carboxylic acids is 1. The lowest BCUT2D eigenvalue weighted by Crippen LogP contribution is -2.17. The van der Waals surface area contributed by atoms with Crippen LogP contribution in [0.5, 0.6) is 0 Å². The normalized spacial score (nSPS) is 10.6. The van der Waals surface area contributed by atoms with Crippen molar-refractivity contribution in [1.82, 2.24) is 9.97 Å². The minimum atomic E-state index is -0.337. The third kappa shape index (κ3) is 4.32. The third-order valence-electron chi connectivity index (χ3n) is 2.68. The van der Waals surface area contributed by atoms with E-state index in [0.29, 0.717) is 27.4 Å². The average Bonchev–Trinajstić information content (AvgIpc) is 2.41. The van der Waals surface area contributed by atoms with Crippen molar-refractivity contribution in [1.29, 1.82) is 0 Å². The zero-order chi connectivity index (χ0) is 16.3. The van der Waals surface area contributed by atoms with Gasteiger partial charge in [-0.1, -0.05) is 23.2 Å². The van der Waals surface area contributed by atoms with Gasteiger partial charge in [-0.15, -0.1) is 0 Å². The van der Waals surface area contributed by atoms with Crippen LogP contribution < -0.4 is 10.6 Å². The Balaban J connectivity index is 2.21. The lowest BCUT2D eigenvalue weighted by atomic mass is 10.3. The number of benzene rings is 1. The summed E-state index contributed by atoms with van der Waals surface area (Å²) in [5.74, 6) is 0.794. The maximum atomic E-state index is 12.3. The van der Waals surface area contributed by atoms with Crippen LogP contribution in [-0.4, -0.2) is 21.9 Å². The summed E-state index contributed by atoms with van der Waals surface area (Å²) in [6, 6.07) is 6.70. The molecule has 0 aliphatic heterocycles. The van der Waals surface area contributed by atoms with Crippen molar-refractivity contribution in [2.24, 2.45) is 0 Å². The van der Waals surface area contributed by atoms with E-state index in [4.69, 9.17) is 23.2 Å². The van der Waals surface area contributed by atoms with Crippen LogP contribution in [-0.2, 0) is 0 Å². The summed E-state index contributed by atoms with van der Waals surface area (Å²) in [7, 11) is 0. The van der Waals surface area contributed by atoms with Crippen molar-refractivity contribution in [2.45, 2.75) is 26.8 Å². The zero-order valence-electron chi connectivity index (χ0n) is 12.4. The fraction of sp³-hybridized carbons (Fsp3) is 0.267. The molecule has 0 fully saturated rings. The van der Waals surface area contributed by atoms with Gasteiger partial charge in [0.05, 0.1) is 10.0 Å². The first-order chi connectivity index (χ1) is 10.3. The first kappa shape index (κ1) is 16.5. The monoisotopic (exact) mass is 338 g/mol. The molecular weight excluding hydrogens is 323 g/mol. The highest BCUT2D eigenvalue weighted by Crippen LogP contribution is 2.25. The van der Waals surface area contributed by atoms with Crippen LogP contribution in [0.1, 0.15) is 30.2 Å². The first-order valence-electron chi connectivity index (χ1n) is 6.74. The molecular formula is C15H16Cl2N4O. The lowest BCUT2D eigenvalue weighted by molar-refractivity contribution is 0.102. The molecule has 0 saturated heterocycles. The maximum Gasteiger partial charge on any atom is 0.274 e.